The number of rotatable bonds is 2. The van der Waals surface area contributed by atoms with Crippen LogP contribution in [0.1, 0.15) is 50.5 Å². The van der Waals surface area contributed by atoms with E-state index < -0.39 is 17.4 Å². The van der Waals surface area contributed by atoms with Crippen molar-refractivity contribution in [1.82, 2.24) is 0 Å². The van der Waals surface area contributed by atoms with Gasteiger partial charge in [-0.25, -0.2) is 4.39 Å². The van der Waals surface area contributed by atoms with Crippen molar-refractivity contribution in [3.05, 3.63) is 29.3 Å². The summed E-state index contributed by atoms with van der Waals surface area (Å²) in [4.78, 5) is 0. The molecule has 3 heteroatoms. The monoisotopic (exact) mass is 240 g/mol. The van der Waals surface area contributed by atoms with Crippen molar-refractivity contribution >= 4 is 0 Å². The van der Waals surface area contributed by atoms with E-state index in [9.17, 15) is 13.9 Å². The predicted octanol–water partition coefficient (Wildman–Crippen LogP) is 4.35. The molecule has 1 saturated carbocycles. The summed E-state index contributed by atoms with van der Waals surface area (Å²) in [6.45, 7) is 2.19. The van der Waals surface area contributed by atoms with E-state index in [1.807, 2.05) is 0 Å². The molecule has 0 saturated heterocycles. The second kappa shape index (κ2) is 5.03. The van der Waals surface area contributed by atoms with Crippen molar-refractivity contribution in [3.63, 3.8) is 0 Å². The first-order chi connectivity index (χ1) is 8.11. The molecule has 0 spiro atoms. The molecule has 1 aromatic carbocycles. The fraction of sp³-hybridized carbons (Fsp3) is 0.571. The Morgan fingerprint density at radius 1 is 1.18 bits per heavy atom. The van der Waals surface area contributed by atoms with Crippen LogP contribution in [0.15, 0.2) is 12.1 Å². The summed E-state index contributed by atoms with van der Waals surface area (Å²) in [5.74, 6) is -1.63. The van der Waals surface area contributed by atoms with Gasteiger partial charge in [-0.2, -0.15) is 4.39 Å². The molecule has 1 aliphatic carbocycles. The standard InChI is InChI=1S/C14H18F2O/c1-2-9-3-5-10(6-4-9)11-7-12(15)14(16)13(17)8-11/h7-10,17H,2-6H2,1H3. The van der Waals surface area contributed by atoms with Crippen molar-refractivity contribution in [2.45, 2.75) is 44.9 Å². The highest BCUT2D eigenvalue weighted by molar-refractivity contribution is 5.32. The predicted molar refractivity (Wildman–Crippen MR) is 63.0 cm³/mol. The van der Waals surface area contributed by atoms with Crippen molar-refractivity contribution in [2.75, 3.05) is 0 Å². The Morgan fingerprint density at radius 3 is 2.35 bits per heavy atom. The first kappa shape index (κ1) is 12.3. The fourth-order valence-electron chi connectivity index (χ4n) is 2.73. The molecule has 0 heterocycles. The summed E-state index contributed by atoms with van der Waals surface area (Å²) in [6.07, 6.45) is 5.48. The minimum Gasteiger partial charge on any atom is -0.505 e. The quantitative estimate of drug-likeness (QED) is 0.814. The zero-order valence-corrected chi connectivity index (χ0v) is 10.0. The first-order valence-corrected chi connectivity index (χ1v) is 6.29. The van der Waals surface area contributed by atoms with Gasteiger partial charge in [0.2, 0.25) is 0 Å². The zero-order chi connectivity index (χ0) is 12.4. The molecular formula is C14H18F2O. The summed E-state index contributed by atoms with van der Waals surface area (Å²) in [7, 11) is 0. The summed E-state index contributed by atoms with van der Waals surface area (Å²) < 4.78 is 26.2. The second-order valence-electron chi connectivity index (χ2n) is 4.96. The minimum absolute atomic E-state index is 0.263. The number of aromatic hydroxyl groups is 1. The van der Waals surface area contributed by atoms with Gasteiger partial charge in [-0.3, -0.25) is 0 Å². The number of phenolic OH excluding ortho intramolecular Hbond substituents is 1. The summed E-state index contributed by atoms with van der Waals surface area (Å²) >= 11 is 0. The Kier molecular flexibility index (Phi) is 3.65. The summed E-state index contributed by atoms with van der Waals surface area (Å²) in [5.41, 5.74) is 0.732. The van der Waals surface area contributed by atoms with E-state index in [2.05, 4.69) is 6.92 Å². The van der Waals surface area contributed by atoms with Crippen molar-refractivity contribution in [2.24, 2.45) is 5.92 Å². The molecule has 0 unspecified atom stereocenters. The van der Waals surface area contributed by atoms with Gasteiger partial charge in [0, 0.05) is 0 Å². The van der Waals surface area contributed by atoms with Gasteiger partial charge in [0.15, 0.2) is 17.4 Å². The van der Waals surface area contributed by atoms with Crippen molar-refractivity contribution in [3.8, 4) is 5.75 Å². The lowest BCUT2D eigenvalue weighted by atomic mass is 9.78. The highest BCUT2D eigenvalue weighted by Gasteiger charge is 2.23. The van der Waals surface area contributed by atoms with Crippen LogP contribution in [0.2, 0.25) is 0 Å². The average Bonchev–Trinajstić information content (AvgIpc) is 2.35. The lowest BCUT2D eigenvalue weighted by molar-refractivity contribution is 0.316. The van der Waals surface area contributed by atoms with Crippen LogP contribution < -0.4 is 0 Å². The molecule has 1 N–H and O–H groups in total. The molecule has 94 valence electrons. The number of hydrogen-bond acceptors (Lipinski definition) is 1. The Bertz CT molecular complexity index is 372. The van der Waals surface area contributed by atoms with Crippen LogP contribution >= 0.6 is 0 Å². The lowest BCUT2D eigenvalue weighted by Crippen LogP contribution is -2.13. The highest BCUT2D eigenvalue weighted by atomic mass is 19.2. The molecule has 17 heavy (non-hydrogen) atoms. The topological polar surface area (TPSA) is 20.2 Å². The molecule has 0 aromatic heterocycles. The molecule has 1 aliphatic rings. The smallest absolute Gasteiger partial charge is 0.200 e. The molecule has 0 amide bonds. The maximum Gasteiger partial charge on any atom is 0.200 e. The fourth-order valence-corrected chi connectivity index (χ4v) is 2.73. The zero-order valence-electron chi connectivity index (χ0n) is 10.0. The SMILES string of the molecule is CCC1CCC(c2cc(O)c(F)c(F)c2)CC1. The molecule has 1 aromatic rings. The van der Waals surface area contributed by atoms with Crippen LogP contribution in [0.3, 0.4) is 0 Å². The third-order valence-electron chi connectivity index (χ3n) is 3.93. The van der Waals surface area contributed by atoms with E-state index in [4.69, 9.17) is 0 Å². The molecule has 0 aliphatic heterocycles. The van der Waals surface area contributed by atoms with Gasteiger partial charge >= 0.3 is 0 Å². The van der Waals surface area contributed by atoms with Crippen LogP contribution in [0.5, 0.6) is 5.75 Å². The highest BCUT2D eigenvalue weighted by Crippen LogP contribution is 2.38. The number of phenols is 1. The number of benzene rings is 1. The van der Waals surface area contributed by atoms with E-state index in [0.29, 0.717) is 0 Å². The van der Waals surface area contributed by atoms with Crippen LogP contribution in [0.25, 0.3) is 0 Å². The Balaban J connectivity index is 2.13. The molecule has 0 bridgehead atoms. The third-order valence-corrected chi connectivity index (χ3v) is 3.93. The molecule has 0 atom stereocenters. The Hall–Kier alpha value is -1.12. The molecule has 2 rings (SSSR count). The van der Waals surface area contributed by atoms with Crippen LogP contribution in [0, 0.1) is 17.6 Å². The average molecular weight is 240 g/mol. The molecule has 1 fully saturated rings. The Labute approximate surface area is 100 Å². The second-order valence-corrected chi connectivity index (χ2v) is 4.96. The van der Waals surface area contributed by atoms with E-state index in [0.717, 1.165) is 37.2 Å². The van der Waals surface area contributed by atoms with E-state index >= 15 is 0 Å². The lowest BCUT2D eigenvalue weighted by Gasteiger charge is -2.28. The van der Waals surface area contributed by atoms with E-state index in [1.165, 1.54) is 18.6 Å². The largest absolute Gasteiger partial charge is 0.505 e. The Morgan fingerprint density at radius 2 is 1.82 bits per heavy atom. The van der Waals surface area contributed by atoms with Gasteiger partial charge in [-0.15, -0.1) is 0 Å². The molecule has 1 nitrogen and oxygen atoms in total. The van der Waals surface area contributed by atoms with Gasteiger partial charge < -0.3 is 5.11 Å². The van der Waals surface area contributed by atoms with Gasteiger partial charge in [0.05, 0.1) is 0 Å². The summed E-state index contributed by atoms with van der Waals surface area (Å²) in [6, 6.07) is 2.60. The van der Waals surface area contributed by atoms with Crippen molar-refractivity contribution in [1.29, 1.82) is 0 Å². The minimum atomic E-state index is -1.14. The maximum absolute atomic E-state index is 13.2. The van der Waals surface area contributed by atoms with Crippen LogP contribution in [0.4, 0.5) is 8.78 Å². The van der Waals surface area contributed by atoms with Gasteiger partial charge in [-0.1, -0.05) is 13.3 Å². The van der Waals surface area contributed by atoms with Gasteiger partial charge in [0.1, 0.15) is 0 Å². The maximum atomic E-state index is 13.2. The normalized spacial score (nSPS) is 24.9. The van der Waals surface area contributed by atoms with Gasteiger partial charge in [0.25, 0.3) is 0 Å². The van der Waals surface area contributed by atoms with Gasteiger partial charge in [-0.05, 0) is 55.2 Å². The van der Waals surface area contributed by atoms with E-state index in [-0.39, 0.29) is 5.92 Å². The van der Waals surface area contributed by atoms with E-state index in [1.54, 1.807) is 0 Å². The number of halogens is 2. The first-order valence-electron chi connectivity index (χ1n) is 6.29. The summed E-state index contributed by atoms with van der Waals surface area (Å²) in [5, 5.41) is 9.29. The molecular weight excluding hydrogens is 222 g/mol. The van der Waals surface area contributed by atoms with Crippen molar-refractivity contribution < 1.29 is 13.9 Å². The number of hydrogen-bond donors (Lipinski definition) is 1. The van der Waals surface area contributed by atoms with Crippen LogP contribution in [-0.4, -0.2) is 5.11 Å². The van der Waals surface area contributed by atoms with Crippen LogP contribution in [-0.2, 0) is 0 Å². The third kappa shape index (κ3) is 2.59. The molecule has 0 radical (unpaired) electrons.